The van der Waals surface area contributed by atoms with Crippen molar-refractivity contribution in [1.29, 1.82) is 0 Å². The number of nitrogens with one attached hydrogen (secondary N) is 1. The van der Waals surface area contributed by atoms with Gasteiger partial charge in [0, 0.05) is 22.1 Å². The van der Waals surface area contributed by atoms with Crippen LogP contribution < -0.4 is 10.1 Å². The molecule has 3 heteroatoms. The fraction of sp³-hybridized carbons (Fsp3) is 0.625. The van der Waals surface area contributed by atoms with Gasteiger partial charge in [0.15, 0.2) is 0 Å². The van der Waals surface area contributed by atoms with Gasteiger partial charge in [0.25, 0.3) is 0 Å². The highest BCUT2D eigenvalue weighted by Gasteiger charge is 2.26. The highest BCUT2D eigenvalue weighted by Crippen LogP contribution is 2.36. The Labute approximate surface area is 124 Å². The molecule has 19 heavy (non-hydrogen) atoms. The highest BCUT2D eigenvalue weighted by molar-refractivity contribution is 9.10. The van der Waals surface area contributed by atoms with Gasteiger partial charge in [-0.2, -0.15) is 0 Å². The van der Waals surface area contributed by atoms with E-state index in [1.54, 1.807) is 0 Å². The number of rotatable bonds is 4. The average molecular weight is 324 g/mol. The van der Waals surface area contributed by atoms with Gasteiger partial charge in [0.1, 0.15) is 5.75 Å². The first-order valence-electron chi connectivity index (χ1n) is 7.40. The molecule has 1 aromatic carbocycles. The monoisotopic (exact) mass is 323 g/mol. The summed E-state index contributed by atoms with van der Waals surface area (Å²) in [7, 11) is 0. The fourth-order valence-electron chi connectivity index (χ4n) is 2.98. The molecule has 2 atom stereocenters. The molecule has 1 aromatic rings. The summed E-state index contributed by atoms with van der Waals surface area (Å²) < 4.78 is 6.96. The van der Waals surface area contributed by atoms with Crippen molar-refractivity contribution in [3.8, 4) is 5.75 Å². The second-order valence-corrected chi connectivity index (χ2v) is 6.89. The van der Waals surface area contributed by atoms with Crippen LogP contribution >= 0.6 is 15.9 Å². The van der Waals surface area contributed by atoms with Crippen molar-refractivity contribution in [2.24, 2.45) is 5.92 Å². The van der Waals surface area contributed by atoms with Crippen molar-refractivity contribution in [2.45, 2.75) is 51.1 Å². The van der Waals surface area contributed by atoms with E-state index in [9.17, 15) is 0 Å². The van der Waals surface area contributed by atoms with E-state index in [0.717, 1.165) is 29.2 Å². The zero-order valence-corrected chi connectivity index (χ0v) is 13.1. The molecule has 0 aromatic heterocycles. The van der Waals surface area contributed by atoms with Crippen molar-refractivity contribution >= 4 is 15.9 Å². The molecule has 0 saturated heterocycles. The summed E-state index contributed by atoms with van der Waals surface area (Å²) in [5.41, 5.74) is 1.32. The SMILES string of the molecule is CC(CC1CC1)NC1CCCOc2cc(Br)ccc21. The predicted molar refractivity (Wildman–Crippen MR) is 81.6 cm³/mol. The number of fused-ring (bicyclic) bond motifs is 1. The normalized spacial score (nSPS) is 24.2. The minimum atomic E-state index is 0.444. The van der Waals surface area contributed by atoms with Gasteiger partial charge < -0.3 is 10.1 Å². The van der Waals surface area contributed by atoms with Crippen LogP contribution in [-0.2, 0) is 0 Å². The van der Waals surface area contributed by atoms with E-state index in [0.29, 0.717) is 12.1 Å². The highest BCUT2D eigenvalue weighted by atomic mass is 79.9. The molecule has 1 fully saturated rings. The van der Waals surface area contributed by atoms with Gasteiger partial charge in [-0.15, -0.1) is 0 Å². The van der Waals surface area contributed by atoms with E-state index in [4.69, 9.17) is 4.74 Å². The quantitative estimate of drug-likeness (QED) is 0.884. The largest absolute Gasteiger partial charge is 0.493 e. The molecule has 1 saturated carbocycles. The number of benzene rings is 1. The molecule has 1 heterocycles. The second-order valence-electron chi connectivity index (χ2n) is 5.97. The molecule has 3 rings (SSSR count). The maximum Gasteiger partial charge on any atom is 0.125 e. The smallest absolute Gasteiger partial charge is 0.125 e. The lowest BCUT2D eigenvalue weighted by Gasteiger charge is -2.23. The van der Waals surface area contributed by atoms with Crippen molar-refractivity contribution in [3.63, 3.8) is 0 Å². The van der Waals surface area contributed by atoms with E-state index in [1.807, 2.05) is 0 Å². The molecule has 1 aliphatic heterocycles. The lowest BCUT2D eigenvalue weighted by molar-refractivity contribution is 0.313. The maximum absolute atomic E-state index is 5.86. The molecule has 0 spiro atoms. The summed E-state index contributed by atoms with van der Waals surface area (Å²) in [5, 5.41) is 3.81. The number of hydrogen-bond acceptors (Lipinski definition) is 2. The summed E-state index contributed by atoms with van der Waals surface area (Å²) in [4.78, 5) is 0. The van der Waals surface area contributed by atoms with Gasteiger partial charge in [-0.1, -0.05) is 34.8 Å². The Kier molecular flexibility index (Phi) is 4.13. The van der Waals surface area contributed by atoms with Gasteiger partial charge in [0.05, 0.1) is 6.61 Å². The van der Waals surface area contributed by atoms with E-state index < -0.39 is 0 Å². The van der Waals surface area contributed by atoms with Crippen LogP contribution in [0.4, 0.5) is 0 Å². The summed E-state index contributed by atoms with van der Waals surface area (Å²) in [6.07, 6.45) is 6.49. The first kappa shape index (κ1) is 13.4. The Morgan fingerprint density at radius 2 is 2.21 bits per heavy atom. The standard InChI is InChI=1S/C16H22BrNO/c1-11(9-12-4-5-12)18-15-3-2-8-19-16-10-13(17)6-7-14(15)16/h6-7,10-12,15,18H,2-5,8-9H2,1H3. The van der Waals surface area contributed by atoms with E-state index >= 15 is 0 Å². The first-order valence-corrected chi connectivity index (χ1v) is 8.20. The fourth-order valence-corrected chi connectivity index (χ4v) is 3.32. The van der Waals surface area contributed by atoms with Gasteiger partial charge in [0.2, 0.25) is 0 Å². The number of hydrogen-bond donors (Lipinski definition) is 1. The third-order valence-corrected chi connectivity index (χ3v) is 4.61. The van der Waals surface area contributed by atoms with Crippen LogP contribution in [0.15, 0.2) is 22.7 Å². The molecule has 0 bridgehead atoms. The maximum atomic E-state index is 5.86. The zero-order chi connectivity index (χ0) is 13.2. The van der Waals surface area contributed by atoms with Crippen LogP contribution in [0.2, 0.25) is 0 Å². The molecule has 1 aliphatic carbocycles. The van der Waals surface area contributed by atoms with Crippen molar-refractivity contribution < 1.29 is 4.74 Å². The number of ether oxygens (including phenoxy) is 1. The minimum absolute atomic E-state index is 0.444. The summed E-state index contributed by atoms with van der Waals surface area (Å²) in [5.74, 6) is 2.02. The molecule has 1 N–H and O–H groups in total. The van der Waals surface area contributed by atoms with Gasteiger partial charge in [-0.25, -0.2) is 0 Å². The molecule has 104 valence electrons. The van der Waals surface area contributed by atoms with Crippen LogP contribution in [0.1, 0.15) is 50.6 Å². The average Bonchev–Trinajstić information content (AvgIpc) is 3.17. The van der Waals surface area contributed by atoms with E-state index in [2.05, 4.69) is 46.4 Å². The first-order chi connectivity index (χ1) is 9.22. The molecule has 2 nitrogen and oxygen atoms in total. The summed E-state index contributed by atoms with van der Waals surface area (Å²) in [6, 6.07) is 7.47. The molecular formula is C16H22BrNO. The second kappa shape index (κ2) is 5.84. The molecular weight excluding hydrogens is 302 g/mol. The van der Waals surface area contributed by atoms with E-state index in [1.165, 1.54) is 31.2 Å². The van der Waals surface area contributed by atoms with Crippen molar-refractivity contribution in [1.82, 2.24) is 5.32 Å². The lowest BCUT2D eigenvalue weighted by Crippen LogP contribution is -2.30. The topological polar surface area (TPSA) is 21.3 Å². The zero-order valence-electron chi connectivity index (χ0n) is 11.5. The van der Waals surface area contributed by atoms with Crippen LogP contribution in [0, 0.1) is 5.92 Å². The summed E-state index contributed by atoms with van der Waals surface area (Å²) in [6.45, 7) is 3.15. The van der Waals surface area contributed by atoms with Crippen LogP contribution in [0.5, 0.6) is 5.75 Å². The molecule has 2 aliphatic rings. The van der Waals surface area contributed by atoms with Crippen LogP contribution in [-0.4, -0.2) is 12.6 Å². The Morgan fingerprint density at radius 1 is 1.37 bits per heavy atom. The lowest BCUT2D eigenvalue weighted by atomic mass is 10.00. The van der Waals surface area contributed by atoms with Gasteiger partial charge >= 0.3 is 0 Å². The molecule has 2 unspecified atom stereocenters. The van der Waals surface area contributed by atoms with Gasteiger partial charge in [-0.05, 0) is 44.2 Å². The van der Waals surface area contributed by atoms with Crippen LogP contribution in [0.25, 0.3) is 0 Å². The third kappa shape index (κ3) is 3.51. The third-order valence-electron chi connectivity index (χ3n) is 4.12. The Morgan fingerprint density at radius 3 is 3.00 bits per heavy atom. The Hall–Kier alpha value is -0.540. The molecule has 0 radical (unpaired) electrons. The van der Waals surface area contributed by atoms with Crippen molar-refractivity contribution in [3.05, 3.63) is 28.2 Å². The predicted octanol–water partition coefficient (Wildman–Crippen LogP) is 4.44. The Bertz CT molecular complexity index is 444. The minimum Gasteiger partial charge on any atom is -0.493 e. The van der Waals surface area contributed by atoms with E-state index in [-0.39, 0.29) is 0 Å². The number of halogens is 1. The van der Waals surface area contributed by atoms with Gasteiger partial charge in [-0.3, -0.25) is 0 Å². The Balaban J connectivity index is 1.73. The van der Waals surface area contributed by atoms with Crippen LogP contribution in [0.3, 0.4) is 0 Å². The molecule has 0 amide bonds. The summed E-state index contributed by atoms with van der Waals surface area (Å²) >= 11 is 3.53. The van der Waals surface area contributed by atoms with Crippen molar-refractivity contribution in [2.75, 3.05) is 6.61 Å².